The molecule has 2 aliphatic rings. The molecule has 4 aromatic rings. The van der Waals surface area contributed by atoms with Gasteiger partial charge in [0.2, 0.25) is 0 Å². The maximum atomic E-state index is 13.8. The molecule has 0 atom stereocenters. The van der Waals surface area contributed by atoms with Gasteiger partial charge >= 0.3 is 0 Å². The van der Waals surface area contributed by atoms with Crippen LogP contribution in [0.1, 0.15) is 44.7 Å². The van der Waals surface area contributed by atoms with Gasteiger partial charge in [0.25, 0.3) is 11.8 Å². The van der Waals surface area contributed by atoms with E-state index in [9.17, 15) is 14.9 Å². The number of carbonyl (C=O) groups excluding carboxylic acids is 2. The highest BCUT2D eigenvalue weighted by atomic mass is 35.5. The predicted molar refractivity (Wildman–Crippen MR) is 156 cm³/mol. The number of nitriles is 1. The number of hydrogen-bond donors (Lipinski definition) is 1. The van der Waals surface area contributed by atoms with Gasteiger partial charge in [0.15, 0.2) is 0 Å². The second kappa shape index (κ2) is 11.6. The van der Waals surface area contributed by atoms with E-state index in [0.717, 1.165) is 34.4 Å². The van der Waals surface area contributed by atoms with Crippen LogP contribution in [0.3, 0.4) is 0 Å². The maximum Gasteiger partial charge on any atom is 0.266 e. The Morgan fingerprint density at radius 3 is 2.39 bits per heavy atom. The molecule has 1 fully saturated rings. The van der Waals surface area contributed by atoms with Crippen molar-refractivity contribution in [2.24, 2.45) is 0 Å². The van der Waals surface area contributed by atoms with Crippen LogP contribution in [0.4, 0.5) is 5.69 Å². The van der Waals surface area contributed by atoms with Crippen LogP contribution in [0.5, 0.6) is 11.5 Å². The molecule has 2 heterocycles. The van der Waals surface area contributed by atoms with Crippen molar-refractivity contribution in [2.45, 2.75) is 25.4 Å². The Morgan fingerprint density at radius 2 is 1.63 bits per heavy atom. The first-order valence-electron chi connectivity index (χ1n) is 13.4. The number of fused-ring (bicyclic) bond motifs is 1. The third-order valence-corrected chi connectivity index (χ3v) is 7.76. The van der Waals surface area contributed by atoms with Crippen molar-refractivity contribution in [2.75, 3.05) is 18.1 Å². The van der Waals surface area contributed by atoms with Crippen molar-refractivity contribution >= 4 is 29.1 Å². The molecule has 0 bridgehead atoms. The second-order valence-electron chi connectivity index (χ2n) is 9.97. The lowest BCUT2D eigenvalue weighted by Crippen LogP contribution is -2.34. The van der Waals surface area contributed by atoms with E-state index >= 15 is 0 Å². The van der Waals surface area contributed by atoms with Gasteiger partial charge in [-0.1, -0.05) is 60.1 Å². The van der Waals surface area contributed by atoms with E-state index in [2.05, 4.69) is 11.4 Å². The first-order chi connectivity index (χ1) is 20.0. The monoisotopic (exact) mass is 563 g/mol. The van der Waals surface area contributed by atoms with E-state index in [1.165, 1.54) is 0 Å². The summed E-state index contributed by atoms with van der Waals surface area (Å²) in [6.45, 7) is 1.81. The van der Waals surface area contributed by atoms with Crippen molar-refractivity contribution in [3.05, 3.63) is 112 Å². The third kappa shape index (κ3) is 5.33. The predicted octanol–water partition coefficient (Wildman–Crippen LogP) is 6.74. The van der Waals surface area contributed by atoms with Crippen molar-refractivity contribution in [1.82, 2.24) is 5.32 Å². The number of nitrogens with one attached hydrogen (secondary N) is 1. The van der Waals surface area contributed by atoms with Crippen molar-refractivity contribution in [3.63, 3.8) is 0 Å². The molecule has 6 rings (SSSR count). The summed E-state index contributed by atoms with van der Waals surface area (Å²) in [5.41, 5.74) is 3.64. The Balaban J connectivity index is 1.37. The van der Waals surface area contributed by atoms with Gasteiger partial charge in [-0.3, -0.25) is 9.59 Å². The Kier molecular flexibility index (Phi) is 7.53. The van der Waals surface area contributed by atoms with Crippen LogP contribution in [-0.2, 0) is 11.3 Å². The SMILES string of the molecule is N#Cc1cccc(Oc2cc3c(cc2CNC2CCOCC2)C(=O)N(c2cccc(-c4ccccc4)c2Cl)C3=O)c1. The van der Waals surface area contributed by atoms with E-state index < -0.39 is 11.8 Å². The minimum Gasteiger partial charge on any atom is -0.457 e. The summed E-state index contributed by atoms with van der Waals surface area (Å²) in [6.07, 6.45) is 1.76. The van der Waals surface area contributed by atoms with E-state index in [-0.39, 0.29) is 17.2 Å². The number of hydrogen-bond acceptors (Lipinski definition) is 6. The van der Waals surface area contributed by atoms with Crippen molar-refractivity contribution < 1.29 is 19.1 Å². The fraction of sp³-hybridized carbons (Fsp3) is 0.182. The summed E-state index contributed by atoms with van der Waals surface area (Å²) in [6, 6.07) is 27.4. The molecule has 204 valence electrons. The third-order valence-electron chi connectivity index (χ3n) is 7.37. The van der Waals surface area contributed by atoms with Crippen LogP contribution in [0.25, 0.3) is 11.1 Å². The lowest BCUT2D eigenvalue weighted by molar-refractivity contribution is 0.0775. The Labute approximate surface area is 242 Å². The molecule has 7 nitrogen and oxygen atoms in total. The fourth-order valence-electron chi connectivity index (χ4n) is 5.21. The topological polar surface area (TPSA) is 91.7 Å². The Bertz CT molecular complexity index is 1680. The highest BCUT2D eigenvalue weighted by molar-refractivity contribution is 6.41. The maximum absolute atomic E-state index is 13.8. The molecule has 0 radical (unpaired) electrons. The minimum absolute atomic E-state index is 0.234. The van der Waals surface area contributed by atoms with Gasteiger partial charge in [0.05, 0.1) is 33.5 Å². The fourth-order valence-corrected chi connectivity index (χ4v) is 5.53. The van der Waals surface area contributed by atoms with Crippen molar-refractivity contribution in [1.29, 1.82) is 5.26 Å². The summed E-state index contributed by atoms with van der Waals surface area (Å²) in [5, 5.41) is 13.2. The minimum atomic E-state index is -0.475. The van der Waals surface area contributed by atoms with E-state index in [0.29, 0.717) is 47.5 Å². The highest BCUT2D eigenvalue weighted by Gasteiger charge is 2.39. The quantitative estimate of drug-likeness (QED) is 0.250. The van der Waals surface area contributed by atoms with Gasteiger partial charge in [-0.2, -0.15) is 5.26 Å². The number of amides is 2. The molecule has 0 saturated carbocycles. The molecule has 0 aromatic heterocycles. The van der Waals surface area contributed by atoms with E-state index in [1.54, 1.807) is 48.5 Å². The largest absolute Gasteiger partial charge is 0.457 e. The normalized spacial score (nSPS) is 15.1. The molecule has 4 aromatic carbocycles. The molecule has 0 aliphatic carbocycles. The van der Waals surface area contributed by atoms with Gasteiger partial charge in [-0.05, 0) is 54.8 Å². The summed E-state index contributed by atoms with van der Waals surface area (Å²) >= 11 is 6.81. The molecule has 41 heavy (non-hydrogen) atoms. The van der Waals surface area contributed by atoms with Crippen molar-refractivity contribution in [3.8, 4) is 28.7 Å². The first-order valence-corrected chi connectivity index (χ1v) is 13.8. The van der Waals surface area contributed by atoms with Gasteiger partial charge < -0.3 is 14.8 Å². The molecule has 8 heteroatoms. The lowest BCUT2D eigenvalue weighted by Gasteiger charge is -2.24. The molecule has 2 amide bonds. The summed E-state index contributed by atoms with van der Waals surface area (Å²) in [4.78, 5) is 28.6. The van der Waals surface area contributed by atoms with Gasteiger partial charge in [0, 0.05) is 36.9 Å². The number of imide groups is 1. The molecule has 0 unspecified atom stereocenters. The summed E-state index contributed by atoms with van der Waals surface area (Å²) < 4.78 is 11.7. The lowest BCUT2D eigenvalue weighted by atomic mass is 10.0. The van der Waals surface area contributed by atoms with Crippen LogP contribution in [0, 0.1) is 11.3 Å². The smallest absolute Gasteiger partial charge is 0.266 e. The molecular formula is C33H26ClN3O4. The van der Waals surface area contributed by atoms with E-state index in [1.807, 2.05) is 36.4 Å². The van der Waals surface area contributed by atoms with Crippen LogP contribution >= 0.6 is 11.6 Å². The number of carbonyl (C=O) groups is 2. The summed E-state index contributed by atoms with van der Waals surface area (Å²) in [5.74, 6) is -0.0202. The number of benzene rings is 4. The zero-order valence-electron chi connectivity index (χ0n) is 22.1. The highest BCUT2D eigenvalue weighted by Crippen LogP contribution is 2.41. The van der Waals surface area contributed by atoms with Crippen LogP contribution < -0.4 is 15.0 Å². The average Bonchev–Trinajstić information content (AvgIpc) is 3.25. The first kappa shape index (κ1) is 26.7. The zero-order valence-corrected chi connectivity index (χ0v) is 22.9. The zero-order chi connectivity index (χ0) is 28.3. The molecule has 1 N–H and O–H groups in total. The average molecular weight is 564 g/mol. The van der Waals surface area contributed by atoms with Gasteiger partial charge in [0.1, 0.15) is 11.5 Å². The number of nitrogens with zero attached hydrogens (tertiary/aromatic N) is 2. The number of anilines is 1. The van der Waals surface area contributed by atoms with E-state index in [4.69, 9.17) is 21.1 Å². The number of halogens is 1. The number of rotatable bonds is 7. The summed E-state index contributed by atoms with van der Waals surface area (Å²) in [7, 11) is 0. The second-order valence-corrected chi connectivity index (χ2v) is 10.3. The van der Waals surface area contributed by atoms with Gasteiger partial charge in [-0.25, -0.2) is 4.90 Å². The van der Waals surface area contributed by atoms with Gasteiger partial charge in [-0.15, -0.1) is 0 Å². The molecule has 2 aliphatic heterocycles. The molecule has 0 spiro atoms. The Hall–Kier alpha value is -4.48. The Morgan fingerprint density at radius 1 is 0.902 bits per heavy atom. The number of ether oxygens (including phenoxy) is 2. The standard InChI is InChI=1S/C33H26ClN3O4/c34-31-26(22-7-2-1-3-8-22)10-5-11-29(31)37-32(38)27-17-23(20-36-24-12-14-40-15-13-24)30(18-28(27)33(37)39)41-25-9-4-6-21(16-25)19-35/h1-11,16-18,24,36H,12-15,20H2. The van der Waals surface area contributed by atoms with Crippen LogP contribution in [-0.4, -0.2) is 31.1 Å². The molecular weight excluding hydrogens is 538 g/mol. The van der Waals surface area contributed by atoms with Crippen LogP contribution in [0.2, 0.25) is 5.02 Å². The molecule has 1 saturated heterocycles. The van der Waals surface area contributed by atoms with Crippen LogP contribution in [0.15, 0.2) is 84.9 Å².